The monoisotopic (exact) mass is 443 g/mol. The van der Waals surface area contributed by atoms with Crippen LogP contribution in [0.25, 0.3) is 0 Å². The Morgan fingerprint density at radius 1 is 1.28 bits per heavy atom. The van der Waals surface area contributed by atoms with E-state index >= 15 is 0 Å². The van der Waals surface area contributed by atoms with Crippen LogP contribution in [0.1, 0.15) is 58.2 Å². The quantitative estimate of drug-likeness (QED) is 0.534. The van der Waals surface area contributed by atoms with Crippen LogP contribution < -0.4 is 10.6 Å². The second-order valence-electron chi connectivity index (χ2n) is 9.80. The van der Waals surface area contributed by atoms with Crippen molar-refractivity contribution in [2.45, 2.75) is 71.3 Å². The maximum atomic E-state index is 13.5. The number of nitrogens with one attached hydrogen (secondary N) is 2. The predicted molar refractivity (Wildman–Crippen MR) is 125 cm³/mol. The Hall–Kier alpha value is -2.40. The first-order valence-electron chi connectivity index (χ1n) is 11.1. The van der Waals surface area contributed by atoms with Gasteiger partial charge in [0.25, 0.3) is 0 Å². The molecule has 32 heavy (non-hydrogen) atoms. The number of benzene rings is 1. The van der Waals surface area contributed by atoms with E-state index in [2.05, 4.69) is 16.6 Å². The highest BCUT2D eigenvalue weighted by Crippen LogP contribution is 2.27. The summed E-state index contributed by atoms with van der Waals surface area (Å²) in [5, 5.41) is 16.6. The van der Waals surface area contributed by atoms with Gasteiger partial charge in [0.05, 0.1) is 24.8 Å². The Morgan fingerprint density at radius 2 is 1.91 bits per heavy atom. The van der Waals surface area contributed by atoms with E-state index in [9.17, 15) is 14.7 Å². The van der Waals surface area contributed by atoms with Crippen LogP contribution in [0.4, 0.5) is 0 Å². The van der Waals surface area contributed by atoms with Crippen molar-refractivity contribution >= 4 is 11.8 Å². The van der Waals surface area contributed by atoms with Gasteiger partial charge in [0.1, 0.15) is 6.04 Å². The lowest BCUT2D eigenvalue weighted by molar-refractivity contribution is -0.142. The maximum absolute atomic E-state index is 13.5. The maximum Gasteiger partial charge on any atom is 0.243 e. The molecular formula is C25H37N3O4. The average molecular weight is 444 g/mol. The second-order valence-corrected chi connectivity index (χ2v) is 9.80. The van der Waals surface area contributed by atoms with Gasteiger partial charge < -0.3 is 25.4 Å². The molecule has 1 aliphatic heterocycles. The minimum Gasteiger partial charge on any atom is -0.391 e. The van der Waals surface area contributed by atoms with Crippen molar-refractivity contribution in [3.05, 3.63) is 35.4 Å². The lowest BCUT2D eigenvalue weighted by Crippen LogP contribution is -2.58. The summed E-state index contributed by atoms with van der Waals surface area (Å²) in [7, 11) is 1.57. The van der Waals surface area contributed by atoms with Crippen LogP contribution in [0, 0.1) is 17.8 Å². The van der Waals surface area contributed by atoms with Crippen LogP contribution in [-0.4, -0.2) is 66.3 Å². The van der Waals surface area contributed by atoms with Crippen LogP contribution in [0.15, 0.2) is 24.3 Å². The van der Waals surface area contributed by atoms with Crippen LogP contribution in [0.3, 0.4) is 0 Å². The van der Waals surface area contributed by atoms with Crippen LogP contribution in [-0.2, 0) is 14.3 Å². The molecule has 0 aromatic heterocycles. The first-order chi connectivity index (χ1) is 15.0. The molecule has 4 atom stereocenters. The molecular weight excluding hydrogens is 406 g/mol. The minimum atomic E-state index is -0.749. The van der Waals surface area contributed by atoms with E-state index in [1.807, 2.05) is 58.9 Å². The number of amides is 2. The summed E-state index contributed by atoms with van der Waals surface area (Å²) >= 11 is 0. The molecule has 0 bridgehead atoms. The number of aliphatic hydroxyl groups is 1. The number of carbonyl (C=O) groups is 2. The first-order valence-corrected chi connectivity index (χ1v) is 11.1. The summed E-state index contributed by atoms with van der Waals surface area (Å²) in [6, 6.07) is 5.80. The zero-order valence-electron chi connectivity index (χ0n) is 20.0. The molecule has 1 aromatic carbocycles. The third-order valence-electron chi connectivity index (χ3n) is 5.61. The summed E-state index contributed by atoms with van der Waals surface area (Å²) in [6.07, 6.45) is 4.88. The third kappa shape index (κ3) is 6.55. The third-order valence-corrected chi connectivity index (χ3v) is 5.61. The molecule has 7 nitrogen and oxygen atoms in total. The Kier molecular flexibility index (Phi) is 8.85. The van der Waals surface area contributed by atoms with Gasteiger partial charge in [-0.2, -0.15) is 0 Å². The van der Waals surface area contributed by atoms with Gasteiger partial charge in [0.2, 0.25) is 11.8 Å². The second kappa shape index (κ2) is 11.0. The van der Waals surface area contributed by atoms with Crippen molar-refractivity contribution < 1.29 is 19.4 Å². The Bertz CT molecular complexity index is 823. The normalized spacial score (nSPS) is 20.7. The minimum absolute atomic E-state index is 0.0973. The van der Waals surface area contributed by atoms with Gasteiger partial charge in [-0.15, -0.1) is 6.42 Å². The molecule has 3 N–H and O–H groups in total. The molecule has 0 aliphatic carbocycles. The smallest absolute Gasteiger partial charge is 0.243 e. The van der Waals surface area contributed by atoms with E-state index in [4.69, 9.17) is 11.2 Å². The number of ether oxygens (including phenoxy) is 1. The van der Waals surface area contributed by atoms with Crippen molar-refractivity contribution in [1.82, 2.24) is 15.5 Å². The van der Waals surface area contributed by atoms with Gasteiger partial charge in [0.15, 0.2) is 0 Å². The standard InChI is InChI=1S/C25H37N3O4/c1-8-17-9-11-18(12-10-17)20(15-32-7)27-23(30)21-13-19(29)14-28(21)24(31)22(25(4,5)6)26-16(2)3/h1,9-12,16,19-22,26,29H,13-15H2,2-7H3,(H,27,30)/t19-,20+,21+,22-/m1/s1. The Morgan fingerprint density at radius 3 is 2.41 bits per heavy atom. The molecule has 176 valence electrons. The van der Waals surface area contributed by atoms with E-state index in [0.717, 1.165) is 11.1 Å². The molecule has 0 radical (unpaired) electrons. The predicted octanol–water partition coefficient (Wildman–Crippen LogP) is 1.85. The van der Waals surface area contributed by atoms with E-state index < -0.39 is 24.2 Å². The number of likely N-dealkylation sites (tertiary alicyclic amines) is 1. The van der Waals surface area contributed by atoms with Gasteiger partial charge >= 0.3 is 0 Å². The number of hydrogen-bond acceptors (Lipinski definition) is 5. The molecule has 1 fully saturated rings. The molecule has 1 heterocycles. The molecule has 0 unspecified atom stereocenters. The molecule has 7 heteroatoms. The Balaban J connectivity index is 2.23. The van der Waals surface area contributed by atoms with Crippen molar-refractivity contribution in [2.24, 2.45) is 5.41 Å². The van der Waals surface area contributed by atoms with Gasteiger partial charge in [-0.1, -0.05) is 52.7 Å². The van der Waals surface area contributed by atoms with Crippen molar-refractivity contribution in [3.8, 4) is 12.3 Å². The highest BCUT2D eigenvalue weighted by Gasteiger charge is 2.44. The number of hydrogen-bond donors (Lipinski definition) is 3. The molecule has 1 saturated heterocycles. The van der Waals surface area contributed by atoms with Crippen LogP contribution in [0.2, 0.25) is 0 Å². The van der Waals surface area contributed by atoms with E-state index in [-0.39, 0.29) is 42.8 Å². The largest absolute Gasteiger partial charge is 0.391 e. The lowest BCUT2D eigenvalue weighted by atomic mass is 9.85. The molecule has 1 aliphatic rings. The fraction of sp³-hybridized carbons (Fsp3) is 0.600. The van der Waals surface area contributed by atoms with Crippen molar-refractivity contribution in [3.63, 3.8) is 0 Å². The summed E-state index contributed by atoms with van der Waals surface area (Å²) in [4.78, 5) is 28.2. The molecule has 0 spiro atoms. The van der Waals surface area contributed by atoms with Crippen LogP contribution in [0.5, 0.6) is 0 Å². The highest BCUT2D eigenvalue weighted by molar-refractivity contribution is 5.91. The van der Waals surface area contributed by atoms with Crippen molar-refractivity contribution in [2.75, 3.05) is 20.3 Å². The molecule has 1 aromatic rings. The molecule has 2 amide bonds. The average Bonchev–Trinajstić information content (AvgIpc) is 3.12. The van der Waals surface area contributed by atoms with Gasteiger partial charge in [0, 0.05) is 31.7 Å². The van der Waals surface area contributed by atoms with E-state index in [1.54, 1.807) is 7.11 Å². The fourth-order valence-electron chi connectivity index (χ4n) is 3.96. The lowest BCUT2D eigenvalue weighted by Gasteiger charge is -2.36. The molecule has 0 saturated carbocycles. The zero-order valence-corrected chi connectivity index (χ0v) is 20.0. The number of aliphatic hydroxyl groups excluding tert-OH is 1. The number of nitrogens with zero attached hydrogens (tertiary/aromatic N) is 1. The van der Waals surface area contributed by atoms with Gasteiger partial charge in [-0.05, 0) is 23.1 Å². The SMILES string of the molecule is C#Cc1ccc([C@H](COC)NC(=O)[C@@H]2C[C@@H](O)CN2C(=O)[C@@H](NC(C)C)C(C)(C)C)cc1. The number of β-amino-alcohol motifs (C(OH)–C–C–N with tert-alkyl or cyclic N) is 1. The number of methoxy groups -OCH3 is 1. The van der Waals surface area contributed by atoms with Crippen molar-refractivity contribution in [1.29, 1.82) is 0 Å². The summed E-state index contributed by atoms with van der Waals surface area (Å²) in [5.74, 6) is 2.09. The number of terminal acetylenes is 1. The summed E-state index contributed by atoms with van der Waals surface area (Å²) in [5.41, 5.74) is 1.25. The van der Waals surface area contributed by atoms with Gasteiger partial charge in [-0.3, -0.25) is 9.59 Å². The van der Waals surface area contributed by atoms with E-state index in [0.29, 0.717) is 0 Å². The summed E-state index contributed by atoms with van der Waals surface area (Å²) < 4.78 is 5.31. The van der Waals surface area contributed by atoms with Crippen LogP contribution >= 0.6 is 0 Å². The first kappa shape index (κ1) is 25.9. The number of carbonyl (C=O) groups excluding carboxylic acids is 2. The zero-order chi connectivity index (χ0) is 24.1. The Labute approximate surface area is 191 Å². The highest BCUT2D eigenvalue weighted by atomic mass is 16.5. The molecule has 2 rings (SSSR count). The fourth-order valence-corrected chi connectivity index (χ4v) is 3.96. The topological polar surface area (TPSA) is 90.9 Å². The summed E-state index contributed by atoms with van der Waals surface area (Å²) in [6.45, 7) is 10.3. The number of rotatable bonds is 8. The van der Waals surface area contributed by atoms with Gasteiger partial charge in [-0.25, -0.2) is 0 Å². The van der Waals surface area contributed by atoms with E-state index in [1.165, 1.54) is 4.90 Å².